The number of fused-ring (bicyclic) bond motifs is 2. The number of aliphatic hydroxyl groups excluding tert-OH is 1. The number of rotatable bonds is 11. The lowest BCUT2D eigenvalue weighted by Crippen LogP contribution is -2.32. The van der Waals surface area contributed by atoms with Gasteiger partial charge in [0.1, 0.15) is 16.2 Å². The van der Waals surface area contributed by atoms with Crippen molar-refractivity contribution in [2.45, 2.75) is 58.7 Å². The monoisotopic (exact) mass is 717 g/mol. The second kappa shape index (κ2) is 15.8. The van der Waals surface area contributed by atoms with Crippen LogP contribution in [0.15, 0.2) is 24.4 Å². The summed E-state index contributed by atoms with van der Waals surface area (Å²) in [7, 11) is 1.07. The number of aromatic nitrogens is 3. The molecule has 0 unspecified atom stereocenters. The van der Waals surface area contributed by atoms with Crippen LogP contribution in [-0.4, -0.2) is 102 Å². The molecule has 48 heavy (non-hydrogen) atoms. The molecule has 0 bridgehead atoms. The number of carbonyl (C=O) groups is 2. The Labute approximate surface area is 281 Å². The van der Waals surface area contributed by atoms with Crippen LogP contribution in [0.3, 0.4) is 0 Å². The van der Waals surface area contributed by atoms with Gasteiger partial charge in [-0.1, -0.05) is 38.2 Å². The number of aliphatic carboxylic acids is 1. The zero-order valence-electron chi connectivity index (χ0n) is 27.6. The average molecular weight is 718 g/mol. The highest BCUT2D eigenvalue weighted by atomic mass is 32.2. The van der Waals surface area contributed by atoms with E-state index in [9.17, 15) is 31.5 Å². The van der Waals surface area contributed by atoms with Crippen molar-refractivity contribution in [1.29, 1.82) is 0 Å². The average Bonchev–Trinajstić information content (AvgIpc) is 3.40. The highest BCUT2D eigenvalue weighted by Gasteiger charge is 2.38. The van der Waals surface area contributed by atoms with Gasteiger partial charge in [-0.2, -0.15) is 25.9 Å². The van der Waals surface area contributed by atoms with Gasteiger partial charge in [-0.3, -0.25) is 9.52 Å². The van der Waals surface area contributed by atoms with Gasteiger partial charge in [-0.15, -0.1) is 0 Å². The number of nitrogens with zero attached hydrogens (tertiary/aromatic N) is 5. The van der Waals surface area contributed by atoms with Gasteiger partial charge >= 0.3 is 22.4 Å². The van der Waals surface area contributed by atoms with Crippen molar-refractivity contribution in [3.8, 4) is 0 Å². The van der Waals surface area contributed by atoms with E-state index in [0.717, 1.165) is 45.2 Å². The van der Waals surface area contributed by atoms with Gasteiger partial charge in [0, 0.05) is 39.1 Å². The molecular weight excluding hydrogens is 676 g/mol. The lowest BCUT2D eigenvalue weighted by molar-refractivity contribution is -0.192. The first-order chi connectivity index (χ1) is 22.2. The van der Waals surface area contributed by atoms with Crippen LogP contribution in [0.25, 0.3) is 10.3 Å². The Morgan fingerprint density at radius 2 is 1.79 bits per heavy atom. The van der Waals surface area contributed by atoms with Crippen molar-refractivity contribution in [2.24, 2.45) is 11.3 Å². The fourth-order valence-electron chi connectivity index (χ4n) is 4.92. The quantitative estimate of drug-likeness (QED) is 0.228. The summed E-state index contributed by atoms with van der Waals surface area (Å²) in [6.45, 7) is 8.00. The molecule has 0 radical (unpaired) electrons. The number of halogens is 3. The second-order valence-corrected chi connectivity index (χ2v) is 15.6. The molecule has 3 aromatic rings. The lowest BCUT2D eigenvalue weighted by Gasteiger charge is -2.34. The zero-order valence-corrected chi connectivity index (χ0v) is 29.3. The molecule has 0 saturated carbocycles. The molecular formula is C30H42F3N7O6S2. The maximum Gasteiger partial charge on any atom is 0.490 e. The van der Waals surface area contributed by atoms with Gasteiger partial charge in [-0.25, -0.2) is 19.7 Å². The Kier molecular flexibility index (Phi) is 12.9. The Hall–Kier alpha value is -3.45. The van der Waals surface area contributed by atoms with E-state index in [4.69, 9.17) is 14.9 Å². The number of amides is 1. The Bertz CT molecular complexity index is 1680. The Morgan fingerprint density at radius 1 is 1.12 bits per heavy atom. The maximum atomic E-state index is 13.4. The number of pyridine rings is 2. The highest BCUT2D eigenvalue weighted by molar-refractivity contribution is 7.90. The minimum Gasteiger partial charge on any atom is -0.475 e. The molecule has 0 saturated heterocycles. The predicted molar refractivity (Wildman–Crippen MR) is 176 cm³/mol. The van der Waals surface area contributed by atoms with Gasteiger partial charge in [0.25, 0.3) is 5.91 Å². The molecule has 13 nitrogen and oxygen atoms in total. The number of anilines is 1. The minimum absolute atomic E-state index is 0.0367. The Balaban J connectivity index is 0.000000804. The number of hydrogen-bond donors (Lipinski definition) is 4. The van der Waals surface area contributed by atoms with E-state index >= 15 is 0 Å². The van der Waals surface area contributed by atoms with Crippen LogP contribution in [0.1, 0.15) is 66.3 Å². The smallest absolute Gasteiger partial charge is 0.475 e. The largest absolute Gasteiger partial charge is 0.490 e. The normalized spacial score (nSPS) is 15.9. The van der Waals surface area contributed by atoms with E-state index in [2.05, 4.69) is 46.8 Å². The van der Waals surface area contributed by atoms with E-state index in [-0.39, 0.29) is 23.7 Å². The van der Waals surface area contributed by atoms with Crippen molar-refractivity contribution in [2.75, 3.05) is 45.6 Å². The number of likely N-dealkylation sites (N-methyl/N-ethyl adjacent to an activating group) is 1. The predicted octanol–water partition coefficient (Wildman–Crippen LogP) is 3.87. The van der Waals surface area contributed by atoms with Crippen molar-refractivity contribution in [3.05, 3.63) is 46.2 Å². The highest BCUT2D eigenvalue weighted by Crippen LogP contribution is 2.38. The summed E-state index contributed by atoms with van der Waals surface area (Å²) >= 11 is 1.29. The van der Waals surface area contributed by atoms with Gasteiger partial charge in [0.2, 0.25) is 0 Å². The van der Waals surface area contributed by atoms with Crippen molar-refractivity contribution in [3.63, 3.8) is 0 Å². The van der Waals surface area contributed by atoms with Crippen LogP contribution in [0.2, 0.25) is 0 Å². The second-order valence-electron chi connectivity index (χ2n) is 12.8. The number of hydrogen-bond acceptors (Lipinski definition) is 10. The third kappa shape index (κ3) is 10.8. The number of aliphatic hydroxyl groups is 1. The molecule has 0 aliphatic heterocycles. The van der Waals surface area contributed by atoms with Crippen LogP contribution in [0.4, 0.5) is 19.0 Å². The molecule has 4 N–H and O–H groups in total. The summed E-state index contributed by atoms with van der Waals surface area (Å²) in [6.07, 6.45) is 0.0428. The first kappa shape index (κ1) is 39.0. The molecule has 0 fully saturated rings. The molecule has 1 aliphatic carbocycles. The van der Waals surface area contributed by atoms with Crippen LogP contribution >= 0.6 is 11.3 Å². The number of carbonyl (C=O) groups excluding carboxylic acids is 1. The number of carboxylic acids is 1. The number of alkyl halides is 3. The van der Waals surface area contributed by atoms with Gasteiger partial charge < -0.3 is 20.4 Å². The molecule has 2 atom stereocenters. The third-order valence-corrected chi connectivity index (χ3v) is 10.3. The van der Waals surface area contributed by atoms with E-state index in [1.54, 1.807) is 18.3 Å². The van der Waals surface area contributed by atoms with E-state index in [0.29, 0.717) is 30.4 Å². The molecule has 0 spiro atoms. The maximum absolute atomic E-state index is 13.4. The summed E-state index contributed by atoms with van der Waals surface area (Å²) in [4.78, 5) is 38.9. The van der Waals surface area contributed by atoms with Crippen LogP contribution in [-0.2, 0) is 27.8 Å². The van der Waals surface area contributed by atoms with Crippen molar-refractivity contribution < 1.29 is 41.4 Å². The summed E-state index contributed by atoms with van der Waals surface area (Å²) in [6, 6.07) is 5.01. The third-order valence-electron chi connectivity index (χ3n) is 7.90. The van der Waals surface area contributed by atoms with E-state index in [1.165, 1.54) is 31.0 Å². The van der Waals surface area contributed by atoms with Crippen molar-refractivity contribution >= 4 is 49.6 Å². The molecule has 266 valence electrons. The molecule has 18 heteroatoms. The number of carboxylic acid groups (broad SMARTS) is 1. The van der Waals surface area contributed by atoms with E-state index < -0.39 is 28.4 Å². The minimum atomic E-state index is -5.08. The summed E-state index contributed by atoms with van der Waals surface area (Å²) in [5, 5.41) is 19.9. The fraction of sp³-hybridized carbons (Fsp3) is 0.567. The summed E-state index contributed by atoms with van der Waals surface area (Å²) in [5.41, 5.74) is 4.03. The zero-order chi connectivity index (χ0) is 36.0. The van der Waals surface area contributed by atoms with Gasteiger partial charge in [0.15, 0.2) is 5.01 Å². The molecule has 3 aromatic heterocycles. The van der Waals surface area contributed by atoms with Gasteiger partial charge in [0.05, 0.1) is 12.6 Å². The molecule has 3 heterocycles. The Morgan fingerprint density at radius 3 is 2.33 bits per heavy atom. The van der Waals surface area contributed by atoms with Gasteiger partial charge in [-0.05, 0) is 67.3 Å². The molecule has 0 aromatic carbocycles. The van der Waals surface area contributed by atoms with E-state index in [1.807, 2.05) is 11.9 Å². The first-order valence-electron chi connectivity index (χ1n) is 15.1. The molecule has 1 aliphatic rings. The van der Waals surface area contributed by atoms with Crippen LogP contribution < -0.4 is 10.0 Å². The summed E-state index contributed by atoms with van der Waals surface area (Å²) < 4.78 is 59.5. The SMILES string of the molecule is CN(CCO)CC[C@@H](NC(=O)c1nc2cc3c(nc2s1)CC[C@H](C(C)(C)C)C3)c1ccc(NS(=O)(=O)N(C)C)nc1.O=C(O)C(F)(F)F. The number of aryl methyl sites for hydroxylation is 1. The lowest BCUT2D eigenvalue weighted by atomic mass is 9.71. The standard InChI is InChI=1S/C28H41N7O4S2.C2HF3O2/c1-28(2,3)20-8-9-21-19(15-20)16-23-26(31-21)40-27(32-23)25(37)30-22(11-12-35(6)13-14-36)18-7-10-24(29-17-18)33-41(38,39)34(4)5;3-2(4,5)1(6)7/h7,10,16-17,20,22,36H,8-9,11-15H2,1-6H3,(H,29,33)(H,30,37);(H,6,7)/t20-,22+;/m0./s1. The molecule has 1 amide bonds. The van der Waals surface area contributed by atoms with Crippen LogP contribution in [0, 0.1) is 11.3 Å². The number of thiazole rings is 1. The van der Waals surface area contributed by atoms with Crippen molar-refractivity contribution in [1.82, 2.24) is 29.5 Å². The fourth-order valence-corrected chi connectivity index (χ4v) is 6.33. The first-order valence-corrected chi connectivity index (χ1v) is 17.3. The molecule has 4 rings (SSSR count). The summed E-state index contributed by atoms with van der Waals surface area (Å²) in [5.74, 6) is -2.29. The topological polar surface area (TPSA) is 178 Å². The van der Waals surface area contributed by atoms with Crippen LogP contribution in [0.5, 0.6) is 0 Å². The number of nitrogens with one attached hydrogen (secondary N) is 2.